The SMILES string of the molecule is NCCCCC(NC(=O)O)C(=O)O.c1cc[nH]c1.c1ccc2ncccc2c1. The number of hydrogen-bond acceptors (Lipinski definition) is 4. The molecule has 0 saturated carbocycles. The summed E-state index contributed by atoms with van der Waals surface area (Å²) in [6.07, 6.45) is 5.82. The number of pyridine rings is 1. The average molecular weight is 386 g/mol. The molecule has 1 amide bonds. The van der Waals surface area contributed by atoms with E-state index in [1.165, 1.54) is 5.39 Å². The summed E-state index contributed by atoms with van der Waals surface area (Å²) in [4.78, 5) is 27.7. The number of rotatable bonds is 6. The summed E-state index contributed by atoms with van der Waals surface area (Å²) in [6.45, 7) is 0.486. The number of hydrogen-bond donors (Lipinski definition) is 5. The van der Waals surface area contributed by atoms with Gasteiger partial charge in [-0.15, -0.1) is 0 Å². The summed E-state index contributed by atoms with van der Waals surface area (Å²) in [5.74, 6) is -1.15. The van der Waals surface area contributed by atoms with Gasteiger partial charge in [0.25, 0.3) is 0 Å². The maximum Gasteiger partial charge on any atom is 0.405 e. The average Bonchev–Trinajstić information content (AvgIpc) is 3.28. The fourth-order valence-electron chi connectivity index (χ4n) is 2.19. The molecule has 150 valence electrons. The van der Waals surface area contributed by atoms with Crippen LogP contribution in [0.5, 0.6) is 0 Å². The molecule has 1 aromatic carbocycles. The van der Waals surface area contributed by atoms with Gasteiger partial charge in [-0.25, -0.2) is 9.59 Å². The van der Waals surface area contributed by atoms with E-state index in [0.29, 0.717) is 19.4 Å². The van der Waals surface area contributed by atoms with Gasteiger partial charge in [-0.1, -0.05) is 24.3 Å². The molecular weight excluding hydrogens is 360 g/mol. The smallest absolute Gasteiger partial charge is 0.405 e. The Morgan fingerprint density at radius 1 is 1.04 bits per heavy atom. The highest BCUT2D eigenvalue weighted by atomic mass is 16.4. The van der Waals surface area contributed by atoms with Crippen molar-refractivity contribution < 1.29 is 19.8 Å². The van der Waals surface area contributed by atoms with Gasteiger partial charge in [0.2, 0.25) is 0 Å². The number of amides is 1. The molecule has 0 saturated heterocycles. The molecular formula is C20H26N4O4. The van der Waals surface area contributed by atoms with Gasteiger partial charge in [0.1, 0.15) is 6.04 Å². The van der Waals surface area contributed by atoms with Crippen LogP contribution >= 0.6 is 0 Å². The van der Waals surface area contributed by atoms with Crippen LogP contribution in [-0.4, -0.2) is 44.8 Å². The first-order valence-corrected chi connectivity index (χ1v) is 8.84. The van der Waals surface area contributed by atoms with Crippen molar-refractivity contribution in [1.82, 2.24) is 15.3 Å². The topological polar surface area (TPSA) is 141 Å². The highest BCUT2D eigenvalue weighted by Crippen LogP contribution is 2.07. The molecule has 2 heterocycles. The zero-order chi connectivity index (χ0) is 20.6. The number of aliphatic carboxylic acids is 1. The molecule has 3 rings (SSSR count). The lowest BCUT2D eigenvalue weighted by Gasteiger charge is -2.10. The van der Waals surface area contributed by atoms with Crippen LogP contribution in [0.4, 0.5) is 4.79 Å². The predicted octanol–water partition coefficient (Wildman–Crippen LogP) is 3.09. The molecule has 0 aliphatic heterocycles. The van der Waals surface area contributed by atoms with Crippen LogP contribution in [0, 0.1) is 0 Å². The van der Waals surface area contributed by atoms with E-state index in [4.69, 9.17) is 15.9 Å². The van der Waals surface area contributed by atoms with Crippen molar-refractivity contribution in [3.05, 3.63) is 67.1 Å². The molecule has 2 aromatic heterocycles. The Labute approximate surface area is 163 Å². The predicted molar refractivity (Wildman–Crippen MR) is 108 cm³/mol. The summed E-state index contributed by atoms with van der Waals surface area (Å²) in [6, 6.07) is 14.9. The number of benzene rings is 1. The van der Waals surface area contributed by atoms with Crippen molar-refractivity contribution in [2.75, 3.05) is 6.54 Å². The highest BCUT2D eigenvalue weighted by molar-refractivity contribution is 5.79. The van der Waals surface area contributed by atoms with Crippen LogP contribution in [0.15, 0.2) is 67.1 Å². The number of aromatic amines is 1. The summed E-state index contributed by atoms with van der Waals surface area (Å²) >= 11 is 0. The van der Waals surface area contributed by atoms with Crippen LogP contribution < -0.4 is 11.1 Å². The second-order valence-corrected chi connectivity index (χ2v) is 5.71. The molecule has 3 aromatic rings. The summed E-state index contributed by atoms with van der Waals surface area (Å²) in [7, 11) is 0. The number of para-hydroxylation sites is 1. The van der Waals surface area contributed by atoms with Gasteiger partial charge < -0.3 is 26.2 Å². The molecule has 28 heavy (non-hydrogen) atoms. The number of carboxylic acids is 1. The first-order chi connectivity index (χ1) is 13.5. The lowest BCUT2D eigenvalue weighted by atomic mass is 10.1. The summed E-state index contributed by atoms with van der Waals surface area (Å²) in [5.41, 5.74) is 6.27. The Morgan fingerprint density at radius 3 is 2.25 bits per heavy atom. The second-order valence-electron chi connectivity index (χ2n) is 5.71. The van der Waals surface area contributed by atoms with Crippen LogP contribution in [0.3, 0.4) is 0 Å². The van der Waals surface area contributed by atoms with Gasteiger partial charge in [-0.05, 0) is 50.1 Å². The van der Waals surface area contributed by atoms with Crippen molar-refractivity contribution in [2.45, 2.75) is 25.3 Å². The minimum Gasteiger partial charge on any atom is -0.480 e. The van der Waals surface area contributed by atoms with Gasteiger partial charge in [0.15, 0.2) is 0 Å². The number of H-pyrrole nitrogens is 1. The standard InChI is InChI=1S/C9H7N.C7H14N2O4.C4H5N/c1-2-6-9-8(4-1)5-3-7-10-9;8-4-2-1-3-5(6(10)11)9-7(12)13;1-2-4-5-3-1/h1-7H;5,9H,1-4,8H2,(H,10,11)(H,12,13);1-5H. The normalized spacial score (nSPS) is 10.6. The fourth-order valence-corrected chi connectivity index (χ4v) is 2.19. The van der Waals surface area contributed by atoms with Gasteiger partial charge >= 0.3 is 12.1 Å². The van der Waals surface area contributed by atoms with Crippen molar-refractivity contribution in [3.8, 4) is 0 Å². The molecule has 0 bridgehead atoms. The van der Waals surface area contributed by atoms with E-state index in [2.05, 4.69) is 22.1 Å². The van der Waals surface area contributed by atoms with Crippen molar-refractivity contribution >= 4 is 23.0 Å². The molecule has 0 aliphatic rings. The number of nitrogens with two attached hydrogens (primary N) is 1. The number of carbonyl (C=O) groups is 2. The molecule has 8 heteroatoms. The second kappa shape index (κ2) is 13.8. The third-order valence-corrected chi connectivity index (χ3v) is 3.55. The minimum atomic E-state index is -1.32. The quantitative estimate of drug-likeness (QED) is 0.412. The fraction of sp³-hybridized carbons (Fsp3) is 0.250. The number of nitrogens with zero attached hydrogens (tertiary/aromatic N) is 1. The van der Waals surface area contributed by atoms with E-state index >= 15 is 0 Å². The van der Waals surface area contributed by atoms with Gasteiger partial charge in [0.05, 0.1) is 5.52 Å². The number of nitrogens with one attached hydrogen (secondary N) is 2. The van der Waals surface area contributed by atoms with E-state index in [-0.39, 0.29) is 6.42 Å². The monoisotopic (exact) mass is 386 g/mol. The van der Waals surface area contributed by atoms with E-state index in [1.54, 1.807) is 0 Å². The Morgan fingerprint density at radius 2 is 1.71 bits per heavy atom. The van der Waals surface area contributed by atoms with E-state index in [1.807, 2.05) is 60.3 Å². The zero-order valence-electron chi connectivity index (χ0n) is 15.5. The third-order valence-electron chi connectivity index (χ3n) is 3.55. The number of aromatic nitrogens is 2. The van der Waals surface area contributed by atoms with Crippen LogP contribution in [0.1, 0.15) is 19.3 Å². The lowest BCUT2D eigenvalue weighted by Crippen LogP contribution is -2.39. The summed E-state index contributed by atoms with van der Waals surface area (Å²) in [5, 5.41) is 20.0. The lowest BCUT2D eigenvalue weighted by molar-refractivity contribution is -0.139. The molecule has 0 spiro atoms. The van der Waals surface area contributed by atoms with Gasteiger partial charge in [-0.3, -0.25) is 4.98 Å². The Kier molecular flexibility index (Phi) is 11.1. The number of fused-ring (bicyclic) bond motifs is 1. The van der Waals surface area contributed by atoms with Crippen molar-refractivity contribution in [3.63, 3.8) is 0 Å². The van der Waals surface area contributed by atoms with Crippen molar-refractivity contribution in [1.29, 1.82) is 0 Å². The molecule has 1 atom stereocenters. The zero-order valence-corrected chi connectivity index (χ0v) is 15.5. The third kappa shape index (κ3) is 9.93. The van der Waals surface area contributed by atoms with E-state index < -0.39 is 18.1 Å². The maximum atomic E-state index is 10.5. The first kappa shape index (κ1) is 22.7. The Balaban J connectivity index is 0.000000228. The number of unbranched alkanes of at least 4 members (excludes halogenated alkanes) is 1. The Hall–Kier alpha value is -3.39. The first-order valence-electron chi connectivity index (χ1n) is 8.84. The molecule has 8 nitrogen and oxygen atoms in total. The largest absolute Gasteiger partial charge is 0.480 e. The van der Waals surface area contributed by atoms with E-state index in [9.17, 15) is 9.59 Å². The minimum absolute atomic E-state index is 0.277. The maximum absolute atomic E-state index is 10.5. The highest BCUT2D eigenvalue weighted by Gasteiger charge is 2.18. The Bertz CT molecular complexity index is 726. The van der Waals surface area contributed by atoms with Crippen molar-refractivity contribution in [2.24, 2.45) is 5.73 Å². The molecule has 1 unspecified atom stereocenters. The summed E-state index contributed by atoms with van der Waals surface area (Å²) < 4.78 is 0. The van der Waals surface area contributed by atoms with Gasteiger partial charge in [0, 0.05) is 24.0 Å². The van der Waals surface area contributed by atoms with E-state index in [0.717, 1.165) is 5.52 Å². The number of carboxylic acid groups (broad SMARTS) is 2. The van der Waals surface area contributed by atoms with Crippen LogP contribution in [0.2, 0.25) is 0 Å². The van der Waals surface area contributed by atoms with Crippen LogP contribution in [-0.2, 0) is 4.79 Å². The molecule has 0 radical (unpaired) electrons. The van der Waals surface area contributed by atoms with Crippen LogP contribution in [0.25, 0.3) is 10.9 Å². The molecule has 0 aliphatic carbocycles. The molecule has 6 N–H and O–H groups in total. The molecule has 0 fully saturated rings. The van der Waals surface area contributed by atoms with Gasteiger partial charge in [-0.2, -0.15) is 0 Å².